The molecule has 15 heavy (non-hydrogen) atoms. The normalized spacial score (nSPS) is 12.3. The summed E-state index contributed by atoms with van der Waals surface area (Å²) in [6.07, 6.45) is 3.39. The molecule has 1 atom stereocenters. The fourth-order valence-corrected chi connectivity index (χ4v) is 1.16. The smallest absolute Gasteiger partial charge is 0.172 e. The number of aliphatic hydroxyl groups excluding tert-OH is 1. The van der Waals surface area contributed by atoms with Crippen molar-refractivity contribution < 1.29 is 9.84 Å². The molecule has 0 aliphatic heterocycles. The number of aryl methyl sites for hydroxylation is 1. The van der Waals surface area contributed by atoms with Crippen LogP contribution in [0.25, 0.3) is 0 Å². The average molecular weight is 209 g/mol. The molecule has 0 aromatic carbocycles. The number of nitrogens with zero attached hydrogens (tertiary/aromatic N) is 3. The third kappa shape index (κ3) is 3.35. The quantitative estimate of drug-likeness (QED) is 0.705. The molecule has 0 aliphatic carbocycles. The maximum Gasteiger partial charge on any atom is 0.172 e. The van der Waals surface area contributed by atoms with Gasteiger partial charge in [0.1, 0.15) is 0 Å². The number of hydrogen-bond acceptors (Lipinski definition) is 4. The van der Waals surface area contributed by atoms with Crippen molar-refractivity contribution in [3.8, 4) is 6.07 Å². The van der Waals surface area contributed by atoms with Crippen molar-refractivity contribution in [3.05, 3.63) is 18.0 Å². The highest BCUT2D eigenvalue weighted by Crippen LogP contribution is 2.15. The van der Waals surface area contributed by atoms with Crippen LogP contribution in [0.3, 0.4) is 0 Å². The summed E-state index contributed by atoms with van der Waals surface area (Å²) >= 11 is 0. The summed E-state index contributed by atoms with van der Waals surface area (Å²) in [7, 11) is 0. The molecule has 5 nitrogen and oxygen atoms in total. The van der Waals surface area contributed by atoms with Crippen LogP contribution in [0.5, 0.6) is 0 Å². The Morgan fingerprint density at radius 1 is 1.73 bits per heavy atom. The van der Waals surface area contributed by atoms with Crippen LogP contribution < -0.4 is 0 Å². The van der Waals surface area contributed by atoms with Crippen molar-refractivity contribution in [2.45, 2.75) is 26.0 Å². The molecule has 0 saturated heterocycles. The van der Waals surface area contributed by atoms with Crippen molar-refractivity contribution in [2.75, 3.05) is 13.2 Å². The van der Waals surface area contributed by atoms with Gasteiger partial charge in [-0.15, -0.1) is 0 Å². The second kappa shape index (κ2) is 6.17. The molecule has 1 aromatic rings. The number of hydrogen-bond donors (Lipinski definition) is 1. The number of nitriles is 1. The van der Waals surface area contributed by atoms with E-state index in [9.17, 15) is 0 Å². The van der Waals surface area contributed by atoms with Crippen LogP contribution in [-0.4, -0.2) is 28.1 Å². The van der Waals surface area contributed by atoms with E-state index in [-0.39, 0.29) is 6.61 Å². The van der Waals surface area contributed by atoms with Crippen LogP contribution in [0.4, 0.5) is 0 Å². The van der Waals surface area contributed by atoms with E-state index in [0.717, 1.165) is 12.1 Å². The van der Waals surface area contributed by atoms with Gasteiger partial charge < -0.3 is 9.84 Å². The Labute approximate surface area is 88.9 Å². The Morgan fingerprint density at radius 2 is 2.53 bits per heavy atom. The van der Waals surface area contributed by atoms with E-state index in [0.29, 0.717) is 13.0 Å². The molecule has 0 spiro atoms. The van der Waals surface area contributed by atoms with Gasteiger partial charge in [-0.3, -0.25) is 4.68 Å². The van der Waals surface area contributed by atoms with E-state index in [1.54, 1.807) is 17.1 Å². The molecule has 0 saturated carbocycles. The lowest BCUT2D eigenvalue weighted by atomic mass is 10.2. The SMILES string of the molecule is CCn1cc(C(C#N)OCCCO)cn1. The van der Waals surface area contributed by atoms with Crippen LogP contribution in [-0.2, 0) is 11.3 Å². The summed E-state index contributed by atoms with van der Waals surface area (Å²) in [5, 5.41) is 21.5. The minimum atomic E-state index is -0.586. The summed E-state index contributed by atoms with van der Waals surface area (Å²) < 4.78 is 7.05. The first-order valence-corrected chi connectivity index (χ1v) is 4.96. The van der Waals surface area contributed by atoms with E-state index >= 15 is 0 Å². The van der Waals surface area contributed by atoms with Gasteiger partial charge in [0.05, 0.1) is 18.9 Å². The third-order valence-electron chi connectivity index (χ3n) is 1.98. The zero-order valence-electron chi connectivity index (χ0n) is 8.76. The van der Waals surface area contributed by atoms with E-state index in [2.05, 4.69) is 11.2 Å². The molecule has 0 aliphatic rings. The van der Waals surface area contributed by atoms with Gasteiger partial charge in [0.15, 0.2) is 6.10 Å². The predicted octanol–water partition coefficient (Wildman–Crippen LogP) is 0.867. The van der Waals surface area contributed by atoms with Crippen LogP contribution >= 0.6 is 0 Å². The highest BCUT2D eigenvalue weighted by Gasteiger charge is 2.12. The summed E-state index contributed by atoms with van der Waals surface area (Å²) in [6.45, 7) is 3.21. The Kier molecular flexibility index (Phi) is 4.81. The summed E-state index contributed by atoms with van der Waals surface area (Å²) in [5.74, 6) is 0. The first-order valence-electron chi connectivity index (χ1n) is 4.96. The van der Waals surface area contributed by atoms with Gasteiger partial charge in [-0.05, 0) is 13.3 Å². The van der Waals surface area contributed by atoms with Gasteiger partial charge in [0, 0.05) is 24.9 Å². The molecular formula is C10H15N3O2. The van der Waals surface area contributed by atoms with Gasteiger partial charge >= 0.3 is 0 Å². The fourth-order valence-electron chi connectivity index (χ4n) is 1.16. The Balaban J connectivity index is 2.54. The van der Waals surface area contributed by atoms with Gasteiger partial charge in [-0.1, -0.05) is 0 Å². The van der Waals surface area contributed by atoms with E-state index in [4.69, 9.17) is 15.1 Å². The standard InChI is InChI=1S/C10H15N3O2/c1-2-13-8-9(7-12-13)10(6-11)15-5-3-4-14/h7-8,10,14H,2-5H2,1H3. The maximum atomic E-state index is 8.89. The molecule has 82 valence electrons. The van der Waals surface area contributed by atoms with Crippen molar-refractivity contribution in [1.82, 2.24) is 9.78 Å². The number of aromatic nitrogens is 2. The van der Waals surface area contributed by atoms with Gasteiger partial charge in [-0.25, -0.2) is 0 Å². The van der Waals surface area contributed by atoms with Crippen LogP contribution in [0.1, 0.15) is 25.0 Å². The zero-order valence-corrected chi connectivity index (χ0v) is 8.76. The van der Waals surface area contributed by atoms with E-state index in [1.165, 1.54) is 0 Å². The second-order valence-electron chi connectivity index (χ2n) is 3.09. The lowest BCUT2D eigenvalue weighted by molar-refractivity contribution is 0.0773. The third-order valence-corrected chi connectivity index (χ3v) is 1.98. The van der Waals surface area contributed by atoms with Crippen LogP contribution in [0, 0.1) is 11.3 Å². The zero-order chi connectivity index (χ0) is 11.1. The molecule has 1 aromatic heterocycles. The monoisotopic (exact) mass is 209 g/mol. The fraction of sp³-hybridized carbons (Fsp3) is 0.600. The molecule has 0 fully saturated rings. The maximum absolute atomic E-state index is 8.89. The van der Waals surface area contributed by atoms with Crippen molar-refractivity contribution in [1.29, 1.82) is 5.26 Å². The molecule has 1 unspecified atom stereocenters. The second-order valence-corrected chi connectivity index (χ2v) is 3.09. The van der Waals surface area contributed by atoms with Crippen molar-refractivity contribution in [2.24, 2.45) is 0 Å². The van der Waals surface area contributed by atoms with E-state index < -0.39 is 6.10 Å². The minimum absolute atomic E-state index is 0.0758. The summed E-state index contributed by atoms with van der Waals surface area (Å²) in [6, 6.07) is 2.06. The summed E-state index contributed by atoms with van der Waals surface area (Å²) in [4.78, 5) is 0. The largest absolute Gasteiger partial charge is 0.396 e. The molecule has 0 amide bonds. The lowest BCUT2D eigenvalue weighted by Gasteiger charge is -2.07. The lowest BCUT2D eigenvalue weighted by Crippen LogP contribution is -2.04. The molecule has 1 heterocycles. The summed E-state index contributed by atoms with van der Waals surface area (Å²) in [5.41, 5.74) is 0.761. The van der Waals surface area contributed by atoms with E-state index in [1.807, 2.05) is 6.92 Å². The molecule has 1 N–H and O–H groups in total. The topological polar surface area (TPSA) is 71.1 Å². The molecule has 1 rings (SSSR count). The Hall–Kier alpha value is -1.38. The van der Waals surface area contributed by atoms with Gasteiger partial charge in [0.25, 0.3) is 0 Å². The first kappa shape index (κ1) is 11.7. The first-order chi connectivity index (χ1) is 7.31. The van der Waals surface area contributed by atoms with Gasteiger partial charge in [0.2, 0.25) is 0 Å². The predicted molar refractivity (Wildman–Crippen MR) is 53.9 cm³/mol. The highest BCUT2D eigenvalue weighted by molar-refractivity contribution is 5.15. The molecule has 0 bridgehead atoms. The van der Waals surface area contributed by atoms with Crippen LogP contribution in [0.2, 0.25) is 0 Å². The molecule has 5 heteroatoms. The molecule has 0 radical (unpaired) electrons. The number of rotatable bonds is 6. The Bertz CT molecular complexity index is 330. The number of aliphatic hydroxyl groups is 1. The molecular weight excluding hydrogens is 194 g/mol. The van der Waals surface area contributed by atoms with Gasteiger partial charge in [-0.2, -0.15) is 10.4 Å². The Morgan fingerprint density at radius 3 is 3.07 bits per heavy atom. The number of ether oxygens (including phenoxy) is 1. The minimum Gasteiger partial charge on any atom is -0.396 e. The van der Waals surface area contributed by atoms with Crippen LogP contribution in [0.15, 0.2) is 12.4 Å². The average Bonchev–Trinajstić information content (AvgIpc) is 2.73. The van der Waals surface area contributed by atoms with Crippen molar-refractivity contribution >= 4 is 0 Å². The van der Waals surface area contributed by atoms with Crippen molar-refractivity contribution in [3.63, 3.8) is 0 Å². The highest BCUT2D eigenvalue weighted by atomic mass is 16.5.